The van der Waals surface area contributed by atoms with Gasteiger partial charge in [0.1, 0.15) is 5.69 Å². The SMILES string of the molecule is COc1nc2c(s1)CN(SCc1csc(C)n1)C=C2NC(CO)CO. The Bertz CT molecular complexity index is 742. The lowest BCUT2D eigenvalue weighted by atomic mass is 10.2. The summed E-state index contributed by atoms with van der Waals surface area (Å²) in [5.74, 6) is 0.781. The van der Waals surface area contributed by atoms with Crippen LogP contribution in [0.1, 0.15) is 21.3 Å². The van der Waals surface area contributed by atoms with Crippen LogP contribution in [0.3, 0.4) is 0 Å². The second kappa shape index (κ2) is 8.37. The molecule has 2 aromatic rings. The second-order valence-corrected chi connectivity index (χ2v) is 8.54. The first-order valence-electron chi connectivity index (χ1n) is 7.67. The first-order chi connectivity index (χ1) is 12.1. The Labute approximate surface area is 158 Å². The van der Waals surface area contributed by atoms with Crippen molar-refractivity contribution in [3.63, 3.8) is 0 Å². The lowest BCUT2D eigenvalue weighted by Crippen LogP contribution is -2.36. The highest BCUT2D eigenvalue weighted by Gasteiger charge is 2.24. The van der Waals surface area contributed by atoms with Crippen molar-refractivity contribution in [3.05, 3.63) is 32.9 Å². The maximum Gasteiger partial charge on any atom is 0.273 e. The third-order valence-corrected chi connectivity index (χ3v) is 6.34. The Morgan fingerprint density at radius 3 is 2.84 bits per heavy atom. The number of hydrogen-bond donors (Lipinski definition) is 3. The maximum atomic E-state index is 9.36. The molecule has 7 nitrogen and oxygen atoms in total. The third-order valence-electron chi connectivity index (χ3n) is 3.53. The molecule has 10 heteroatoms. The molecule has 0 unspecified atom stereocenters. The van der Waals surface area contributed by atoms with Crippen molar-refractivity contribution < 1.29 is 14.9 Å². The minimum absolute atomic E-state index is 0.157. The van der Waals surface area contributed by atoms with Gasteiger partial charge in [0.15, 0.2) is 0 Å². The molecular weight excluding hydrogens is 380 g/mol. The van der Waals surface area contributed by atoms with Crippen LogP contribution in [-0.2, 0) is 12.3 Å². The molecule has 0 saturated heterocycles. The zero-order valence-corrected chi connectivity index (χ0v) is 16.4. The van der Waals surface area contributed by atoms with E-state index in [1.165, 1.54) is 11.3 Å². The Balaban J connectivity index is 1.77. The van der Waals surface area contributed by atoms with Crippen molar-refractivity contribution in [2.75, 3.05) is 20.3 Å². The van der Waals surface area contributed by atoms with Crippen LogP contribution >= 0.6 is 34.6 Å². The van der Waals surface area contributed by atoms with Gasteiger partial charge in [0, 0.05) is 11.6 Å². The summed E-state index contributed by atoms with van der Waals surface area (Å²) in [6.45, 7) is 2.41. The summed E-state index contributed by atoms with van der Waals surface area (Å²) in [6.07, 6.45) is 1.96. The Morgan fingerprint density at radius 1 is 1.40 bits per heavy atom. The standard InChI is InChI=1S/C15H20N4O3S3/c1-9-16-11(7-23-9)8-24-19-3-12(17-10(5-20)6-21)14-13(4-19)25-15(18-14)22-2/h3,7,10,17,20-21H,4-6,8H2,1-2H3. The van der Waals surface area contributed by atoms with Gasteiger partial charge in [0.05, 0.1) is 59.9 Å². The van der Waals surface area contributed by atoms with E-state index in [2.05, 4.69) is 25.0 Å². The van der Waals surface area contributed by atoms with Crippen LogP contribution in [0, 0.1) is 6.92 Å². The Kier molecular flexibility index (Phi) is 6.18. The summed E-state index contributed by atoms with van der Waals surface area (Å²) in [5.41, 5.74) is 2.65. The predicted octanol–water partition coefficient (Wildman–Crippen LogP) is 1.82. The van der Waals surface area contributed by atoms with Crippen LogP contribution in [0.4, 0.5) is 0 Å². The first-order valence-corrected chi connectivity index (χ1v) is 10.3. The van der Waals surface area contributed by atoms with E-state index < -0.39 is 6.04 Å². The highest BCUT2D eigenvalue weighted by molar-refractivity contribution is 7.96. The minimum Gasteiger partial charge on any atom is -0.473 e. The number of fused-ring (bicyclic) bond motifs is 1. The molecule has 1 aliphatic heterocycles. The van der Waals surface area contributed by atoms with Crippen molar-refractivity contribution in [1.82, 2.24) is 19.6 Å². The molecule has 3 N–H and O–H groups in total. The zero-order chi connectivity index (χ0) is 17.8. The summed E-state index contributed by atoms with van der Waals surface area (Å²) in [4.78, 5) is 10.1. The highest BCUT2D eigenvalue weighted by atomic mass is 32.2. The lowest BCUT2D eigenvalue weighted by molar-refractivity contribution is 0.181. The Morgan fingerprint density at radius 2 is 2.20 bits per heavy atom. The summed E-state index contributed by atoms with van der Waals surface area (Å²) in [6, 6.07) is -0.432. The van der Waals surface area contributed by atoms with E-state index in [9.17, 15) is 10.2 Å². The molecule has 0 aliphatic carbocycles. The largest absolute Gasteiger partial charge is 0.473 e. The molecule has 3 heterocycles. The molecule has 25 heavy (non-hydrogen) atoms. The number of methoxy groups -OCH3 is 1. The summed E-state index contributed by atoms with van der Waals surface area (Å²) in [5, 5.41) is 25.6. The molecule has 0 radical (unpaired) electrons. The molecular formula is C15H20N4O3S3. The van der Waals surface area contributed by atoms with Gasteiger partial charge in [-0.25, -0.2) is 9.97 Å². The quantitative estimate of drug-likeness (QED) is 0.578. The molecule has 0 spiro atoms. The molecule has 0 atom stereocenters. The van der Waals surface area contributed by atoms with Crippen molar-refractivity contribution in [2.45, 2.75) is 25.3 Å². The van der Waals surface area contributed by atoms with E-state index >= 15 is 0 Å². The van der Waals surface area contributed by atoms with Gasteiger partial charge < -0.3 is 24.6 Å². The maximum absolute atomic E-state index is 9.36. The number of aryl methyl sites for hydroxylation is 1. The number of aromatic nitrogens is 2. The van der Waals surface area contributed by atoms with Crippen molar-refractivity contribution >= 4 is 40.3 Å². The summed E-state index contributed by atoms with van der Waals surface area (Å²) < 4.78 is 7.37. The van der Waals surface area contributed by atoms with Crippen LogP contribution in [0.25, 0.3) is 5.70 Å². The number of thiazole rings is 2. The van der Waals surface area contributed by atoms with Crippen LogP contribution in [0.5, 0.6) is 5.19 Å². The highest BCUT2D eigenvalue weighted by Crippen LogP contribution is 2.36. The van der Waals surface area contributed by atoms with Crippen LogP contribution in [-0.4, -0.2) is 50.9 Å². The second-order valence-electron chi connectivity index (χ2n) is 5.41. The number of ether oxygens (including phenoxy) is 1. The normalized spacial score (nSPS) is 13.8. The van der Waals surface area contributed by atoms with Gasteiger partial charge >= 0.3 is 0 Å². The van der Waals surface area contributed by atoms with Gasteiger partial charge in [-0.2, -0.15) is 0 Å². The topological polar surface area (TPSA) is 90.7 Å². The Hall–Kier alpha value is -1.33. The zero-order valence-electron chi connectivity index (χ0n) is 13.9. The number of nitrogens with one attached hydrogen (secondary N) is 1. The molecule has 0 aromatic carbocycles. The number of aliphatic hydroxyl groups is 2. The van der Waals surface area contributed by atoms with Crippen molar-refractivity contribution in [1.29, 1.82) is 0 Å². The van der Waals surface area contributed by atoms with E-state index in [4.69, 9.17) is 4.74 Å². The van der Waals surface area contributed by atoms with Gasteiger partial charge in [-0.05, 0) is 18.9 Å². The average molecular weight is 401 g/mol. The number of rotatable bonds is 8. The van der Waals surface area contributed by atoms with Gasteiger partial charge in [-0.1, -0.05) is 11.3 Å². The molecule has 2 aromatic heterocycles. The third kappa shape index (κ3) is 4.45. The molecule has 0 amide bonds. The number of aliphatic hydroxyl groups excluding tert-OH is 2. The van der Waals surface area contributed by atoms with E-state index in [-0.39, 0.29) is 13.2 Å². The van der Waals surface area contributed by atoms with Gasteiger partial charge in [-0.15, -0.1) is 11.3 Å². The van der Waals surface area contributed by atoms with Crippen LogP contribution in [0.15, 0.2) is 11.6 Å². The molecule has 136 valence electrons. The first kappa shape index (κ1) is 18.5. The minimum atomic E-state index is -0.432. The van der Waals surface area contributed by atoms with E-state index in [1.54, 1.807) is 30.4 Å². The fourth-order valence-electron chi connectivity index (χ4n) is 2.31. The fourth-order valence-corrected chi connectivity index (χ4v) is 4.84. The van der Waals surface area contributed by atoms with Crippen molar-refractivity contribution in [3.8, 4) is 5.19 Å². The van der Waals surface area contributed by atoms with Gasteiger partial charge in [-0.3, -0.25) is 0 Å². The summed E-state index contributed by atoms with van der Waals surface area (Å²) >= 11 is 4.82. The molecule has 3 rings (SSSR count). The van der Waals surface area contributed by atoms with E-state index in [1.807, 2.05) is 13.1 Å². The number of hydrogen-bond acceptors (Lipinski definition) is 10. The van der Waals surface area contributed by atoms with Crippen LogP contribution < -0.4 is 10.1 Å². The predicted molar refractivity (Wildman–Crippen MR) is 101 cm³/mol. The fraction of sp³-hybridized carbons (Fsp3) is 0.467. The average Bonchev–Trinajstić information content (AvgIpc) is 3.23. The van der Waals surface area contributed by atoms with Gasteiger partial charge in [0.2, 0.25) is 0 Å². The lowest BCUT2D eigenvalue weighted by Gasteiger charge is -2.27. The summed E-state index contributed by atoms with van der Waals surface area (Å²) in [7, 11) is 1.60. The molecule has 1 aliphatic rings. The van der Waals surface area contributed by atoms with Crippen molar-refractivity contribution in [2.24, 2.45) is 0 Å². The smallest absolute Gasteiger partial charge is 0.273 e. The van der Waals surface area contributed by atoms with E-state index in [0.717, 1.165) is 39.3 Å². The van der Waals surface area contributed by atoms with Crippen LogP contribution in [0.2, 0.25) is 0 Å². The van der Waals surface area contributed by atoms with Gasteiger partial charge in [0.25, 0.3) is 5.19 Å². The van der Waals surface area contributed by atoms with E-state index in [0.29, 0.717) is 5.19 Å². The molecule has 0 bridgehead atoms. The monoisotopic (exact) mass is 400 g/mol. The molecule has 0 fully saturated rings. The number of nitrogens with zero attached hydrogens (tertiary/aromatic N) is 3. The molecule has 0 saturated carbocycles.